The van der Waals surface area contributed by atoms with Gasteiger partial charge < -0.3 is 4.90 Å². The number of amides is 1. The molecule has 1 saturated heterocycles. The van der Waals surface area contributed by atoms with Crippen molar-refractivity contribution in [2.45, 2.75) is 44.3 Å². The highest BCUT2D eigenvalue weighted by Gasteiger charge is 2.49. The minimum Gasteiger partial charge on any atom is -0.334 e. The molecule has 1 aliphatic carbocycles. The molecule has 1 aliphatic heterocycles. The fourth-order valence-corrected chi connectivity index (χ4v) is 5.67. The molecule has 2 aliphatic rings. The maximum Gasteiger partial charge on any atom is 0.255 e. The normalized spacial score (nSPS) is 19.8. The first kappa shape index (κ1) is 23.7. The second-order valence-electron chi connectivity index (χ2n) is 9.49. The molecule has 6 nitrogen and oxygen atoms in total. The van der Waals surface area contributed by atoms with Crippen LogP contribution in [0.2, 0.25) is 0 Å². The summed E-state index contributed by atoms with van der Waals surface area (Å²) in [7, 11) is 0. The molecule has 0 aromatic heterocycles. The summed E-state index contributed by atoms with van der Waals surface area (Å²) in [6.45, 7) is 5.64. The smallest absolute Gasteiger partial charge is 0.255 e. The molecule has 6 heteroatoms. The van der Waals surface area contributed by atoms with Crippen LogP contribution >= 0.6 is 0 Å². The van der Waals surface area contributed by atoms with Gasteiger partial charge in [-0.2, -0.15) is 5.10 Å². The molecule has 3 aromatic rings. The molecule has 2 atom stereocenters. The fraction of sp³-hybridized carbons (Fsp3) is 0.267. The zero-order valence-corrected chi connectivity index (χ0v) is 20.3. The Balaban J connectivity index is 1.66. The van der Waals surface area contributed by atoms with Crippen LogP contribution in [-0.2, 0) is 33.8 Å². The van der Waals surface area contributed by atoms with Crippen molar-refractivity contribution in [2.75, 3.05) is 6.54 Å². The molecule has 0 bridgehead atoms. The van der Waals surface area contributed by atoms with Crippen molar-refractivity contribution >= 4 is 24.2 Å². The number of piperazine rings is 1. The molecule has 5 rings (SSSR count). The molecule has 2 unspecified atom stereocenters. The van der Waals surface area contributed by atoms with E-state index in [0.29, 0.717) is 13.1 Å². The van der Waals surface area contributed by atoms with E-state index in [0.717, 1.165) is 29.5 Å². The zero-order chi connectivity index (χ0) is 25.2. The predicted molar refractivity (Wildman–Crippen MR) is 139 cm³/mol. The minimum atomic E-state index is -1.33. The Morgan fingerprint density at radius 2 is 1.44 bits per heavy atom. The van der Waals surface area contributed by atoms with Crippen LogP contribution in [0, 0.1) is 0 Å². The summed E-state index contributed by atoms with van der Waals surface area (Å²) in [4.78, 5) is 40.7. The first-order valence-corrected chi connectivity index (χ1v) is 12.3. The van der Waals surface area contributed by atoms with Crippen molar-refractivity contribution in [2.24, 2.45) is 5.10 Å². The molecule has 0 spiro atoms. The van der Waals surface area contributed by atoms with Gasteiger partial charge in [-0.3, -0.25) is 19.4 Å². The van der Waals surface area contributed by atoms with Crippen molar-refractivity contribution in [1.29, 1.82) is 0 Å². The number of Topliss-reactive ketones (excluding diaryl/α,β-unsaturated/α-hetero) is 2. The van der Waals surface area contributed by atoms with Gasteiger partial charge in [0.2, 0.25) is 5.78 Å². The number of hydrogen-bond donors (Lipinski definition) is 0. The van der Waals surface area contributed by atoms with Gasteiger partial charge >= 0.3 is 0 Å². The number of benzene rings is 3. The Morgan fingerprint density at radius 3 is 2.00 bits per heavy atom. The first-order valence-electron chi connectivity index (χ1n) is 12.3. The van der Waals surface area contributed by atoms with E-state index in [-0.39, 0.29) is 12.0 Å². The third-order valence-corrected chi connectivity index (χ3v) is 7.36. The van der Waals surface area contributed by atoms with Crippen LogP contribution in [-0.4, -0.2) is 52.7 Å². The maximum atomic E-state index is 13.7. The third kappa shape index (κ3) is 4.24. The van der Waals surface area contributed by atoms with Gasteiger partial charge in [-0.05, 0) is 40.7 Å². The monoisotopic (exact) mass is 479 g/mol. The number of hydrazone groups is 1. The summed E-state index contributed by atoms with van der Waals surface area (Å²) >= 11 is 0. The lowest BCUT2D eigenvalue weighted by molar-refractivity contribution is -0.155. The standard InChI is InChI=1S/C30H29N3O3/c1-20(34)29(35)28-30(36)32(18-21-10-4-3-5-11-21)19-26(33(28)31-2)27-24-14-8-6-12-22(24)16-17-23-13-7-9-15-25(23)27/h3-15,26-28H,2,16-19H2,1H3. The van der Waals surface area contributed by atoms with Crippen LogP contribution in [0.1, 0.15) is 40.7 Å². The number of carbonyl (C=O) groups excluding carboxylic acids is 3. The fourth-order valence-electron chi connectivity index (χ4n) is 5.67. The molecule has 0 N–H and O–H groups in total. The SMILES string of the molecule is C=NN1C(C(=O)C(C)=O)C(=O)N(Cc2ccccc2)CC1C1c2ccccc2CCc2ccccc21. The number of carbonyl (C=O) groups is 3. The van der Waals surface area contributed by atoms with E-state index >= 15 is 0 Å². The highest BCUT2D eigenvalue weighted by molar-refractivity contribution is 6.42. The Bertz CT molecular complexity index is 1270. The predicted octanol–water partition coefficient (Wildman–Crippen LogP) is 3.77. The summed E-state index contributed by atoms with van der Waals surface area (Å²) in [5.41, 5.74) is 5.75. The van der Waals surface area contributed by atoms with Crippen molar-refractivity contribution in [1.82, 2.24) is 9.91 Å². The van der Waals surface area contributed by atoms with Crippen LogP contribution in [0.4, 0.5) is 0 Å². The van der Waals surface area contributed by atoms with E-state index in [2.05, 4.69) is 36.1 Å². The summed E-state index contributed by atoms with van der Waals surface area (Å²) in [5, 5.41) is 5.72. The van der Waals surface area contributed by atoms with Crippen LogP contribution in [0.5, 0.6) is 0 Å². The van der Waals surface area contributed by atoms with Crippen LogP contribution in [0.25, 0.3) is 0 Å². The second kappa shape index (κ2) is 9.90. The molecule has 1 fully saturated rings. The first-order chi connectivity index (χ1) is 17.5. The van der Waals surface area contributed by atoms with Gasteiger partial charge in [0, 0.05) is 32.6 Å². The number of ketones is 2. The average molecular weight is 480 g/mol. The second-order valence-corrected chi connectivity index (χ2v) is 9.49. The Morgan fingerprint density at radius 1 is 0.889 bits per heavy atom. The van der Waals surface area contributed by atoms with E-state index in [1.165, 1.54) is 23.1 Å². The lowest BCUT2D eigenvalue weighted by Gasteiger charge is -2.47. The lowest BCUT2D eigenvalue weighted by Crippen LogP contribution is -2.64. The van der Waals surface area contributed by atoms with Crippen molar-refractivity contribution in [3.05, 3.63) is 107 Å². The molecular formula is C30H29N3O3. The van der Waals surface area contributed by atoms with Gasteiger partial charge in [0.25, 0.3) is 5.91 Å². The highest BCUT2D eigenvalue weighted by atomic mass is 16.2. The van der Waals surface area contributed by atoms with E-state index in [4.69, 9.17) is 0 Å². The van der Waals surface area contributed by atoms with E-state index in [1.807, 2.05) is 54.6 Å². The largest absolute Gasteiger partial charge is 0.334 e. The summed E-state index contributed by atoms with van der Waals surface area (Å²) < 4.78 is 0. The molecule has 182 valence electrons. The number of hydrogen-bond acceptors (Lipinski definition) is 5. The minimum absolute atomic E-state index is 0.154. The topological polar surface area (TPSA) is 70.0 Å². The van der Waals surface area contributed by atoms with Gasteiger partial charge in [-0.1, -0.05) is 78.9 Å². The maximum absolute atomic E-state index is 13.7. The third-order valence-electron chi connectivity index (χ3n) is 7.36. The van der Waals surface area contributed by atoms with E-state index < -0.39 is 23.5 Å². The van der Waals surface area contributed by atoms with Crippen molar-refractivity contribution in [3.8, 4) is 0 Å². The van der Waals surface area contributed by atoms with Gasteiger partial charge in [0.15, 0.2) is 11.8 Å². The van der Waals surface area contributed by atoms with E-state index in [1.54, 1.807) is 4.90 Å². The van der Waals surface area contributed by atoms with Crippen LogP contribution < -0.4 is 0 Å². The molecule has 0 radical (unpaired) electrons. The van der Waals surface area contributed by atoms with Crippen LogP contribution in [0.15, 0.2) is 84.0 Å². The number of aryl methyl sites for hydroxylation is 2. The van der Waals surface area contributed by atoms with Gasteiger partial charge in [0.05, 0.1) is 6.04 Å². The summed E-state index contributed by atoms with van der Waals surface area (Å²) in [5.74, 6) is -1.99. The number of rotatable bonds is 6. The average Bonchev–Trinajstić information content (AvgIpc) is 3.06. The summed E-state index contributed by atoms with van der Waals surface area (Å²) in [6.07, 6.45) is 1.81. The Labute approximate surface area is 211 Å². The molecule has 1 heterocycles. The van der Waals surface area contributed by atoms with E-state index in [9.17, 15) is 14.4 Å². The van der Waals surface area contributed by atoms with Gasteiger partial charge in [-0.15, -0.1) is 0 Å². The molecular weight excluding hydrogens is 450 g/mol. The lowest BCUT2D eigenvalue weighted by atomic mass is 9.80. The molecule has 36 heavy (non-hydrogen) atoms. The number of fused-ring (bicyclic) bond motifs is 2. The van der Waals surface area contributed by atoms with Gasteiger partial charge in [0.1, 0.15) is 0 Å². The van der Waals surface area contributed by atoms with Crippen LogP contribution in [0.3, 0.4) is 0 Å². The molecule has 0 saturated carbocycles. The number of nitrogens with zero attached hydrogens (tertiary/aromatic N) is 3. The van der Waals surface area contributed by atoms with Crippen molar-refractivity contribution in [3.63, 3.8) is 0 Å². The quantitative estimate of drug-likeness (QED) is 0.307. The highest BCUT2D eigenvalue weighted by Crippen LogP contribution is 2.41. The Kier molecular flexibility index (Phi) is 6.51. The van der Waals surface area contributed by atoms with Crippen molar-refractivity contribution < 1.29 is 14.4 Å². The zero-order valence-electron chi connectivity index (χ0n) is 20.3. The Hall–Kier alpha value is -4.06. The molecule has 1 amide bonds. The van der Waals surface area contributed by atoms with Gasteiger partial charge in [-0.25, -0.2) is 0 Å². The molecule has 3 aromatic carbocycles. The summed E-state index contributed by atoms with van der Waals surface area (Å²) in [6, 6.07) is 24.7.